The summed E-state index contributed by atoms with van der Waals surface area (Å²) in [7, 11) is 0. The molecule has 3 nitrogen and oxygen atoms in total. The first-order valence-electron chi connectivity index (χ1n) is 5.97. The van der Waals surface area contributed by atoms with Crippen LogP contribution in [-0.4, -0.2) is 17.3 Å². The smallest absolute Gasteiger partial charge is 0.355 e. The largest absolute Gasteiger partial charge is 0.525 e. The van der Waals surface area contributed by atoms with Gasteiger partial charge in [0.25, 0.3) is 5.79 Å². The first-order chi connectivity index (χ1) is 9.83. The van der Waals surface area contributed by atoms with Crippen LogP contribution in [0.3, 0.4) is 0 Å². The highest BCUT2D eigenvalue weighted by Crippen LogP contribution is 2.34. The average Bonchev–Trinajstić information content (AvgIpc) is 2.46. The summed E-state index contributed by atoms with van der Waals surface area (Å²) in [5.74, 6) is -4.31. The summed E-state index contributed by atoms with van der Waals surface area (Å²) < 4.78 is 41.5. The molecule has 0 spiro atoms. The van der Waals surface area contributed by atoms with E-state index in [2.05, 4.69) is 4.74 Å². The molecule has 0 fully saturated rings. The Hall–Kier alpha value is -2.18. The van der Waals surface area contributed by atoms with Crippen LogP contribution in [0.25, 0.3) is 0 Å². The van der Waals surface area contributed by atoms with Gasteiger partial charge in [0.15, 0.2) is 0 Å². The summed E-state index contributed by atoms with van der Waals surface area (Å²) in [6, 6.07) is 13.9. The van der Waals surface area contributed by atoms with Crippen LogP contribution >= 0.6 is 0 Å². The monoisotopic (exact) mass is 296 g/mol. The molecule has 21 heavy (non-hydrogen) atoms. The van der Waals surface area contributed by atoms with E-state index in [1.807, 2.05) is 0 Å². The number of ether oxygens (including phenoxy) is 1. The maximum Gasteiger partial charge on any atom is 0.525 e. The van der Waals surface area contributed by atoms with E-state index in [4.69, 9.17) is 0 Å². The van der Waals surface area contributed by atoms with Gasteiger partial charge in [0.1, 0.15) is 0 Å². The second-order valence-corrected chi connectivity index (χ2v) is 4.25. The highest BCUT2D eigenvalue weighted by Gasteiger charge is 2.49. The van der Waals surface area contributed by atoms with Crippen LogP contribution in [0.2, 0.25) is 0 Å². The Morgan fingerprint density at radius 3 is 1.86 bits per heavy atom. The van der Waals surface area contributed by atoms with E-state index in [1.54, 1.807) is 12.1 Å². The van der Waals surface area contributed by atoms with Gasteiger partial charge < -0.3 is 5.11 Å². The number of benzene rings is 2. The fourth-order valence-electron chi connectivity index (χ4n) is 1.85. The van der Waals surface area contributed by atoms with Gasteiger partial charge in [0, 0.05) is 11.1 Å². The molecule has 110 valence electrons. The molecule has 2 aromatic carbocycles. The molecule has 1 atom stereocenters. The number of hydrogen-bond acceptors (Lipinski definition) is 3. The van der Waals surface area contributed by atoms with Gasteiger partial charge in [-0.15, -0.1) is 13.2 Å². The van der Waals surface area contributed by atoms with Crippen LogP contribution in [0.15, 0.2) is 60.7 Å². The third-order valence-electron chi connectivity index (χ3n) is 2.77. The van der Waals surface area contributed by atoms with Gasteiger partial charge in [0.05, 0.1) is 0 Å². The van der Waals surface area contributed by atoms with Crippen molar-refractivity contribution >= 4 is 5.78 Å². The summed E-state index contributed by atoms with van der Waals surface area (Å²) in [5, 5.41) is 10.2. The Morgan fingerprint density at radius 2 is 1.38 bits per heavy atom. The van der Waals surface area contributed by atoms with Crippen LogP contribution in [0.5, 0.6) is 0 Å². The zero-order valence-electron chi connectivity index (χ0n) is 10.7. The number of alkyl halides is 3. The average molecular weight is 296 g/mol. The van der Waals surface area contributed by atoms with E-state index in [0.29, 0.717) is 0 Å². The van der Waals surface area contributed by atoms with Crippen LogP contribution in [0, 0.1) is 0 Å². The second kappa shape index (κ2) is 5.67. The fraction of sp³-hybridized carbons (Fsp3) is 0.133. The molecule has 0 amide bonds. The third kappa shape index (κ3) is 3.48. The molecule has 2 aromatic rings. The van der Waals surface area contributed by atoms with E-state index in [9.17, 15) is 23.1 Å². The minimum absolute atomic E-state index is 0.0897. The standard InChI is InChI=1S/C15H11F3O3/c16-15(17,18)21-14(20,12-9-5-2-6-10-12)13(19)11-7-3-1-4-8-11/h1-10,20H. The molecule has 0 bridgehead atoms. The molecule has 0 aliphatic rings. The van der Waals surface area contributed by atoms with E-state index in [1.165, 1.54) is 48.5 Å². The minimum atomic E-state index is -5.17. The van der Waals surface area contributed by atoms with Crippen molar-refractivity contribution in [3.63, 3.8) is 0 Å². The topological polar surface area (TPSA) is 46.5 Å². The van der Waals surface area contributed by atoms with E-state index in [-0.39, 0.29) is 11.1 Å². The number of carbonyl (C=O) groups is 1. The maximum absolute atomic E-state index is 12.6. The Morgan fingerprint density at radius 1 is 0.905 bits per heavy atom. The molecule has 6 heteroatoms. The molecule has 0 aliphatic heterocycles. The first kappa shape index (κ1) is 15.2. The van der Waals surface area contributed by atoms with Crippen molar-refractivity contribution in [1.29, 1.82) is 0 Å². The number of ketones is 1. The van der Waals surface area contributed by atoms with Gasteiger partial charge >= 0.3 is 6.36 Å². The van der Waals surface area contributed by atoms with Gasteiger partial charge in [-0.25, -0.2) is 4.74 Å². The Bertz CT molecular complexity index is 611. The number of carbonyl (C=O) groups excluding carboxylic acids is 1. The first-order valence-corrected chi connectivity index (χ1v) is 5.97. The normalized spacial score (nSPS) is 14.5. The van der Waals surface area contributed by atoms with Crippen LogP contribution < -0.4 is 0 Å². The van der Waals surface area contributed by atoms with Gasteiger partial charge in [-0.2, -0.15) is 0 Å². The van der Waals surface area contributed by atoms with Crippen LogP contribution in [0.4, 0.5) is 13.2 Å². The van der Waals surface area contributed by atoms with Crippen molar-refractivity contribution in [2.24, 2.45) is 0 Å². The predicted molar refractivity (Wildman–Crippen MR) is 68.3 cm³/mol. The summed E-state index contributed by atoms with van der Waals surface area (Å²) in [6.07, 6.45) is -5.17. The van der Waals surface area contributed by atoms with E-state index >= 15 is 0 Å². The lowest BCUT2D eigenvalue weighted by Gasteiger charge is -2.28. The number of rotatable bonds is 4. The zero-order chi connectivity index (χ0) is 15.5. The molecule has 1 unspecified atom stereocenters. The van der Waals surface area contributed by atoms with Crippen molar-refractivity contribution < 1.29 is 27.8 Å². The number of hydrogen-bond donors (Lipinski definition) is 1. The van der Waals surface area contributed by atoms with Crippen molar-refractivity contribution in [3.8, 4) is 0 Å². The molecule has 1 N–H and O–H groups in total. The number of Topliss-reactive ketones (excluding diaryl/α,β-unsaturated/α-hetero) is 1. The van der Waals surface area contributed by atoms with Crippen molar-refractivity contribution in [1.82, 2.24) is 0 Å². The zero-order valence-corrected chi connectivity index (χ0v) is 10.7. The number of aliphatic hydroxyl groups is 1. The number of halogens is 3. The SMILES string of the molecule is O=C(c1ccccc1)C(O)(OC(F)(F)F)c1ccccc1. The van der Waals surface area contributed by atoms with Gasteiger partial charge in [-0.05, 0) is 0 Å². The van der Waals surface area contributed by atoms with Crippen molar-refractivity contribution in [2.45, 2.75) is 12.1 Å². The highest BCUT2D eigenvalue weighted by atomic mass is 19.4. The predicted octanol–water partition coefficient (Wildman–Crippen LogP) is 3.25. The maximum atomic E-state index is 12.6. The summed E-state index contributed by atoms with van der Waals surface area (Å²) >= 11 is 0. The Balaban J connectivity index is 2.49. The Labute approximate surface area is 118 Å². The Kier molecular flexibility index (Phi) is 4.11. The molecule has 0 heterocycles. The molecule has 2 rings (SSSR count). The van der Waals surface area contributed by atoms with E-state index in [0.717, 1.165) is 0 Å². The van der Waals surface area contributed by atoms with Crippen molar-refractivity contribution in [2.75, 3.05) is 0 Å². The van der Waals surface area contributed by atoms with Crippen LogP contribution in [-0.2, 0) is 10.5 Å². The van der Waals surface area contributed by atoms with Crippen LogP contribution in [0.1, 0.15) is 15.9 Å². The lowest BCUT2D eigenvalue weighted by atomic mass is 9.96. The highest BCUT2D eigenvalue weighted by molar-refractivity contribution is 6.01. The van der Waals surface area contributed by atoms with Gasteiger partial charge in [-0.3, -0.25) is 4.79 Å². The quantitative estimate of drug-likeness (QED) is 0.696. The van der Waals surface area contributed by atoms with Crippen molar-refractivity contribution in [3.05, 3.63) is 71.8 Å². The molecule has 0 radical (unpaired) electrons. The molecular weight excluding hydrogens is 285 g/mol. The summed E-state index contributed by atoms with van der Waals surface area (Å²) in [6.45, 7) is 0. The molecule has 0 aliphatic carbocycles. The minimum Gasteiger partial charge on any atom is -0.355 e. The second-order valence-electron chi connectivity index (χ2n) is 4.25. The van der Waals surface area contributed by atoms with Gasteiger partial charge in [-0.1, -0.05) is 60.7 Å². The molecule has 0 saturated carbocycles. The summed E-state index contributed by atoms with van der Waals surface area (Å²) in [5.41, 5.74) is -0.385. The third-order valence-corrected chi connectivity index (χ3v) is 2.77. The van der Waals surface area contributed by atoms with Gasteiger partial charge in [0.2, 0.25) is 5.78 Å². The molecule has 0 aromatic heterocycles. The van der Waals surface area contributed by atoms with E-state index < -0.39 is 17.9 Å². The lowest BCUT2D eigenvalue weighted by Crippen LogP contribution is -2.43. The summed E-state index contributed by atoms with van der Waals surface area (Å²) in [4.78, 5) is 12.3. The fourth-order valence-corrected chi connectivity index (χ4v) is 1.85. The molecular formula is C15H11F3O3. The lowest BCUT2D eigenvalue weighted by molar-refractivity contribution is -0.398. The molecule has 0 saturated heterocycles.